The smallest absolute Gasteiger partial charge is 0.267 e. The quantitative estimate of drug-likeness (QED) is 0.657. The Bertz CT molecular complexity index is 1000. The number of hydrogen-bond donors (Lipinski definition) is 0. The summed E-state index contributed by atoms with van der Waals surface area (Å²) in [6.07, 6.45) is -0.266. The molecule has 1 fully saturated rings. The molecule has 0 N–H and O–H groups in total. The number of amides is 1. The molecule has 27 heavy (non-hydrogen) atoms. The Hall–Kier alpha value is -3.11. The van der Waals surface area contributed by atoms with E-state index >= 15 is 0 Å². The summed E-state index contributed by atoms with van der Waals surface area (Å²) in [5.41, 5.74) is 3.06. The van der Waals surface area contributed by atoms with Gasteiger partial charge in [0.2, 0.25) is 5.60 Å². The van der Waals surface area contributed by atoms with E-state index in [2.05, 4.69) is 0 Å². The summed E-state index contributed by atoms with van der Waals surface area (Å²) < 4.78 is 11.3. The number of nitrogens with zero attached hydrogens (tertiary/aromatic N) is 1. The molecule has 3 aromatic rings. The number of epoxide rings is 1. The van der Waals surface area contributed by atoms with Gasteiger partial charge in [0, 0.05) is 5.56 Å². The van der Waals surface area contributed by atoms with E-state index in [0.717, 1.165) is 28.1 Å². The van der Waals surface area contributed by atoms with Crippen molar-refractivity contribution in [1.29, 1.82) is 0 Å². The zero-order valence-electron chi connectivity index (χ0n) is 15.0. The van der Waals surface area contributed by atoms with Crippen LogP contribution < -0.4 is 9.64 Å². The third-order valence-electron chi connectivity index (χ3n) is 5.38. The monoisotopic (exact) mass is 357 g/mol. The summed E-state index contributed by atoms with van der Waals surface area (Å²) >= 11 is 0. The molecule has 1 amide bonds. The highest BCUT2D eigenvalue weighted by atomic mass is 16.6. The van der Waals surface area contributed by atoms with Crippen molar-refractivity contribution in [3.63, 3.8) is 0 Å². The van der Waals surface area contributed by atoms with Crippen LogP contribution in [0.4, 0.5) is 5.69 Å². The minimum Gasteiger partial charge on any atom is -0.497 e. The maximum absolute atomic E-state index is 13.4. The number of fused-ring (bicyclic) bond motifs is 2. The number of rotatable bonds is 4. The van der Waals surface area contributed by atoms with Crippen molar-refractivity contribution in [2.75, 3.05) is 12.0 Å². The van der Waals surface area contributed by atoms with Crippen LogP contribution in [-0.2, 0) is 21.7 Å². The van der Waals surface area contributed by atoms with Crippen molar-refractivity contribution in [2.45, 2.75) is 18.2 Å². The molecule has 4 nitrogen and oxygen atoms in total. The molecule has 3 aromatic carbocycles. The third-order valence-corrected chi connectivity index (χ3v) is 5.38. The fourth-order valence-electron chi connectivity index (χ4n) is 3.97. The van der Waals surface area contributed by atoms with Gasteiger partial charge < -0.3 is 14.4 Å². The molecule has 0 saturated carbocycles. The van der Waals surface area contributed by atoms with Crippen LogP contribution in [0.5, 0.6) is 5.75 Å². The van der Waals surface area contributed by atoms with Crippen LogP contribution in [0, 0.1) is 0 Å². The summed E-state index contributed by atoms with van der Waals surface area (Å²) in [7, 11) is 1.64. The van der Waals surface area contributed by atoms with Gasteiger partial charge in [0.05, 0.1) is 19.3 Å². The topological polar surface area (TPSA) is 42.1 Å². The van der Waals surface area contributed by atoms with E-state index in [-0.39, 0.29) is 12.0 Å². The van der Waals surface area contributed by atoms with Crippen molar-refractivity contribution in [3.05, 3.63) is 95.6 Å². The average molecular weight is 357 g/mol. The molecule has 0 radical (unpaired) electrons. The number of para-hydroxylation sites is 1. The van der Waals surface area contributed by atoms with E-state index in [1.807, 2.05) is 83.8 Å². The van der Waals surface area contributed by atoms with Crippen LogP contribution in [0.3, 0.4) is 0 Å². The van der Waals surface area contributed by atoms with E-state index in [1.165, 1.54) is 0 Å². The summed E-state index contributed by atoms with van der Waals surface area (Å²) in [6.45, 7) is 0.539. The highest BCUT2D eigenvalue weighted by Crippen LogP contribution is 2.63. The minimum absolute atomic E-state index is 0.00775. The number of hydrogen-bond acceptors (Lipinski definition) is 3. The van der Waals surface area contributed by atoms with Gasteiger partial charge in [-0.3, -0.25) is 4.79 Å². The highest BCUT2D eigenvalue weighted by Gasteiger charge is 2.69. The van der Waals surface area contributed by atoms with Gasteiger partial charge in [0.15, 0.2) is 0 Å². The van der Waals surface area contributed by atoms with E-state index in [0.29, 0.717) is 6.54 Å². The molecule has 2 heterocycles. The Balaban J connectivity index is 1.52. The van der Waals surface area contributed by atoms with E-state index in [9.17, 15) is 4.79 Å². The summed E-state index contributed by atoms with van der Waals surface area (Å²) in [6, 6.07) is 25.7. The Morgan fingerprint density at radius 3 is 2.41 bits per heavy atom. The Morgan fingerprint density at radius 1 is 0.963 bits per heavy atom. The zero-order chi connectivity index (χ0) is 18.4. The van der Waals surface area contributed by atoms with Crippen LogP contribution in [0.25, 0.3) is 0 Å². The lowest BCUT2D eigenvalue weighted by molar-refractivity contribution is -0.123. The van der Waals surface area contributed by atoms with Gasteiger partial charge in [-0.05, 0) is 29.3 Å². The number of benzene rings is 3. The molecule has 0 bridgehead atoms. The molecule has 0 aromatic heterocycles. The van der Waals surface area contributed by atoms with Crippen LogP contribution in [0.15, 0.2) is 78.9 Å². The van der Waals surface area contributed by atoms with E-state index in [4.69, 9.17) is 9.47 Å². The van der Waals surface area contributed by atoms with Crippen molar-refractivity contribution in [1.82, 2.24) is 0 Å². The van der Waals surface area contributed by atoms with E-state index in [1.54, 1.807) is 7.11 Å². The first-order chi connectivity index (χ1) is 13.2. The molecular weight excluding hydrogens is 338 g/mol. The number of methoxy groups -OCH3 is 1. The zero-order valence-corrected chi connectivity index (χ0v) is 15.0. The minimum atomic E-state index is -0.903. The normalized spacial score (nSPS) is 22.8. The summed E-state index contributed by atoms with van der Waals surface area (Å²) in [4.78, 5) is 15.3. The number of ether oxygens (including phenoxy) is 2. The molecular formula is C23H19NO3. The largest absolute Gasteiger partial charge is 0.497 e. The van der Waals surface area contributed by atoms with Crippen molar-refractivity contribution in [2.24, 2.45) is 0 Å². The molecule has 134 valence electrons. The van der Waals surface area contributed by atoms with Crippen molar-refractivity contribution < 1.29 is 14.3 Å². The lowest BCUT2D eigenvalue weighted by atomic mass is 9.93. The van der Waals surface area contributed by atoms with E-state index < -0.39 is 5.60 Å². The first kappa shape index (κ1) is 16.1. The molecule has 2 aliphatic rings. The molecule has 2 aliphatic heterocycles. The van der Waals surface area contributed by atoms with Crippen LogP contribution >= 0.6 is 0 Å². The van der Waals surface area contributed by atoms with Crippen LogP contribution in [0.2, 0.25) is 0 Å². The average Bonchev–Trinajstić information content (AvgIpc) is 3.44. The Labute approximate surface area is 158 Å². The second-order valence-electron chi connectivity index (χ2n) is 6.90. The molecule has 2 unspecified atom stereocenters. The first-order valence-electron chi connectivity index (χ1n) is 9.01. The second-order valence-corrected chi connectivity index (χ2v) is 6.90. The summed E-state index contributed by atoms with van der Waals surface area (Å²) in [5, 5.41) is 0. The molecule has 1 saturated heterocycles. The van der Waals surface area contributed by atoms with Gasteiger partial charge in [0.1, 0.15) is 11.9 Å². The SMILES string of the molecule is COc1ccc(C2OC23C(=O)N(Cc2ccccc2)c2ccccc23)cc1. The van der Waals surface area contributed by atoms with Crippen molar-refractivity contribution in [3.8, 4) is 5.75 Å². The lowest BCUT2D eigenvalue weighted by Gasteiger charge is -2.17. The number of anilines is 1. The number of carbonyl (C=O) groups excluding carboxylic acids is 1. The molecule has 1 spiro atoms. The van der Waals surface area contributed by atoms with Gasteiger partial charge in [-0.25, -0.2) is 0 Å². The second kappa shape index (κ2) is 5.96. The maximum atomic E-state index is 13.4. The lowest BCUT2D eigenvalue weighted by Crippen LogP contribution is -2.32. The highest BCUT2D eigenvalue weighted by molar-refractivity contribution is 6.09. The standard InChI is InChI=1S/C23H19NO3/c1-26-18-13-11-17(12-14-18)21-23(27-21)19-9-5-6-10-20(19)24(22(23)25)15-16-7-3-2-4-8-16/h2-14,21H,15H2,1H3. The fraction of sp³-hybridized carbons (Fsp3) is 0.174. The van der Waals surface area contributed by atoms with Crippen LogP contribution in [0.1, 0.15) is 22.8 Å². The predicted octanol–water partition coefficient (Wildman–Crippen LogP) is 4.21. The maximum Gasteiger partial charge on any atom is 0.267 e. The van der Waals surface area contributed by atoms with Crippen molar-refractivity contribution >= 4 is 11.6 Å². The molecule has 4 heteroatoms. The first-order valence-corrected chi connectivity index (χ1v) is 9.01. The van der Waals surface area contributed by atoms with Crippen LogP contribution in [-0.4, -0.2) is 13.0 Å². The summed E-state index contributed by atoms with van der Waals surface area (Å²) in [5.74, 6) is 0.797. The van der Waals surface area contributed by atoms with Gasteiger partial charge in [-0.1, -0.05) is 60.7 Å². The van der Waals surface area contributed by atoms with Gasteiger partial charge >= 0.3 is 0 Å². The van der Waals surface area contributed by atoms with Gasteiger partial charge in [-0.15, -0.1) is 0 Å². The molecule has 5 rings (SSSR count). The molecule has 0 aliphatic carbocycles. The molecule has 2 atom stereocenters. The third kappa shape index (κ3) is 2.37. The number of carbonyl (C=O) groups is 1. The Kier molecular flexibility index (Phi) is 3.55. The van der Waals surface area contributed by atoms with Gasteiger partial charge in [0.25, 0.3) is 5.91 Å². The van der Waals surface area contributed by atoms with Gasteiger partial charge in [-0.2, -0.15) is 0 Å². The predicted molar refractivity (Wildman–Crippen MR) is 103 cm³/mol. The Morgan fingerprint density at radius 2 is 1.67 bits per heavy atom. The fourth-order valence-corrected chi connectivity index (χ4v) is 3.97.